The molecule has 24 heavy (non-hydrogen) atoms. The van der Waals surface area contributed by atoms with E-state index in [0.717, 1.165) is 28.9 Å². The molecule has 1 atom stereocenters. The molecular formula is C17H14ClNO2S3. The minimum absolute atomic E-state index is 0.285. The normalized spacial score (nSPS) is 18.5. The first-order valence-corrected chi connectivity index (χ1v) is 11.0. The van der Waals surface area contributed by atoms with Crippen molar-refractivity contribution in [3.05, 3.63) is 74.3 Å². The molecule has 0 saturated heterocycles. The van der Waals surface area contributed by atoms with E-state index in [4.69, 9.17) is 11.6 Å². The topological polar surface area (TPSA) is 37.4 Å². The Morgan fingerprint density at radius 2 is 1.96 bits per heavy atom. The van der Waals surface area contributed by atoms with Gasteiger partial charge in [0.05, 0.1) is 10.4 Å². The molecule has 0 radical (unpaired) electrons. The molecule has 0 fully saturated rings. The van der Waals surface area contributed by atoms with Crippen LogP contribution in [0.25, 0.3) is 0 Å². The van der Waals surface area contributed by atoms with Crippen LogP contribution in [0.15, 0.2) is 57.4 Å². The predicted molar refractivity (Wildman–Crippen MR) is 99.5 cm³/mol. The number of hydrogen-bond donors (Lipinski definition) is 0. The van der Waals surface area contributed by atoms with E-state index in [9.17, 15) is 8.42 Å². The summed E-state index contributed by atoms with van der Waals surface area (Å²) in [7, 11) is -3.59. The largest absolute Gasteiger partial charge is 0.253 e. The zero-order chi connectivity index (χ0) is 16.7. The first kappa shape index (κ1) is 16.3. The van der Waals surface area contributed by atoms with Gasteiger partial charge in [-0.25, -0.2) is 8.42 Å². The van der Waals surface area contributed by atoms with Gasteiger partial charge < -0.3 is 0 Å². The molecule has 0 amide bonds. The van der Waals surface area contributed by atoms with Gasteiger partial charge in [-0.05, 0) is 52.1 Å². The van der Waals surface area contributed by atoms with Gasteiger partial charge >= 0.3 is 0 Å². The fourth-order valence-corrected chi connectivity index (χ4v) is 7.02. The van der Waals surface area contributed by atoms with Gasteiger partial charge in [-0.2, -0.15) is 15.6 Å². The van der Waals surface area contributed by atoms with E-state index < -0.39 is 10.0 Å². The zero-order valence-corrected chi connectivity index (χ0v) is 15.8. The van der Waals surface area contributed by atoms with Crippen molar-refractivity contribution in [2.75, 3.05) is 6.54 Å². The van der Waals surface area contributed by atoms with Crippen molar-refractivity contribution < 1.29 is 8.42 Å². The number of hydrogen-bond acceptors (Lipinski definition) is 4. The number of halogens is 1. The first-order valence-electron chi connectivity index (χ1n) is 7.44. The van der Waals surface area contributed by atoms with Crippen LogP contribution in [0.3, 0.4) is 0 Å². The molecular weight excluding hydrogens is 382 g/mol. The summed E-state index contributed by atoms with van der Waals surface area (Å²) in [4.78, 5) is 0. The number of nitrogens with zero attached hydrogens (tertiary/aromatic N) is 1. The fourth-order valence-electron chi connectivity index (χ4n) is 3.13. The van der Waals surface area contributed by atoms with Crippen LogP contribution in [0.4, 0.5) is 0 Å². The Balaban J connectivity index is 1.86. The summed E-state index contributed by atoms with van der Waals surface area (Å²) >= 11 is 8.65. The smallest absolute Gasteiger partial charge is 0.206 e. The molecule has 3 aromatic rings. The average molecular weight is 396 g/mol. The van der Waals surface area contributed by atoms with Gasteiger partial charge in [0.15, 0.2) is 0 Å². The van der Waals surface area contributed by atoms with Crippen molar-refractivity contribution >= 4 is 44.3 Å². The highest BCUT2D eigenvalue weighted by atomic mass is 35.5. The Morgan fingerprint density at radius 1 is 1.12 bits per heavy atom. The Kier molecular flexibility index (Phi) is 4.26. The molecule has 1 aliphatic rings. The van der Waals surface area contributed by atoms with E-state index in [1.807, 2.05) is 35.0 Å². The third-order valence-electron chi connectivity index (χ3n) is 4.21. The Morgan fingerprint density at radius 3 is 2.67 bits per heavy atom. The van der Waals surface area contributed by atoms with Crippen LogP contribution in [0.1, 0.15) is 22.7 Å². The van der Waals surface area contributed by atoms with Crippen molar-refractivity contribution in [2.45, 2.75) is 16.7 Å². The summed E-state index contributed by atoms with van der Waals surface area (Å²) in [5, 5.41) is 4.01. The third-order valence-corrected chi connectivity index (χ3v) is 8.47. The van der Waals surface area contributed by atoms with Gasteiger partial charge in [0.25, 0.3) is 10.0 Å². The van der Waals surface area contributed by atoms with E-state index in [-0.39, 0.29) is 6.04 Å². The quantitative estimate of drug-likeness (QED) is 0.638. The SMILES string of the molecule is O=S(=O)(c1ccc(Cl)s1)N1CCc2ccccc2C1c1ccsc1. The lowest BCUT2D eigenvalue weighted by Gasteiger charge is -2.35. The van der Waals surface area contributed by atoms with E-state index in [1.54, 1.807) is 27.8 Å². The molecule has 3 heterocycles. The second kappa shape index (κ2) is 6.28. The molecule has 0 bridgehead atoms. The minimum Gasteiger partial charge on any atom is -0.206 e. The molecule has 1 unspecified atom stereocenters. The molecule has 3 nitrogen and oxygen atoms in total. The summed E-state index contributed by atoms with van der Waals surface area (Å²) in [6.45, 7) is 0.468. The monoisotopic (exact) mass is 395 g/mol. The molecule has 1 aromatic carbocycles. The lowest BCUT2D eigenvalue weighted by atomic mass is 9.91. The molecule has 124 valence electrons. The van der Waals surface area contributed by atoms with E-state index in [1.165, 1.54) is 5.56 Å². The van der Waals surface area contributed by atoms with Crippen LogP contribution < -0.4 is 0 Å². The van der Waals surface area contributed by atoms with Crippen LogP contribution >= 0.6 is 34.3 Å². The maximum atomic E-state index is 13.2. The molecule has 7 heteroatoms. The maximum absolute atomic E-state index is 13.2. The van der Waals surface area contributed by atoms with Crippen molar-refractivity contribution in [3.63, 3.8) is 0 Å². The highest BCUT2D eigenvalue weighted by Gasteiger charge is 2.38. The maximum Gasteiger partial charge on any atom is 0.253 e. The molecule has 0 spiro atoms. The van der Waals surface area contributed by atoms with Crippen LogP contribution in [0.5, 0.6) is 0 Å². The second-order valence-corrected chi connectivity index (χ2v) is 10.2. The predicted octanol–water partition coefficient (Wildman–Crippen LogP) is 4.80. The molecule has 4 rings (SSSR count). The van der Waals surface area contributed by atoms with Gasteiger partial charge in [0, 0.05) is 6.54 Å². The summed E-state index contributed by atoms with van der Waals surface area (Å²) in [6, 6.07) is 13.0. The summed E-state index contributed by atoms with van der Waals surface area (Å²) in [5.41, 5.74) is 3.29. The number of rotatable bonds is 3. The van der Waals surface area contributed by atoms with Crippen LogP contribution in [0, 0.1) is 0 Å². The van der Waals surface area contributed by atoms with Gasteiger partial charge in [-0.15, -0.1) is 11.3 Å². The Labute approximate surface area is 154 Å². The van der Waals surface area contributed by atoms with Crippen molar-refractivity contribution in [2.24, 2.45) is 0 Å². The second-order valence-electron chi connectivity index (χ2n) is 5.58. The van der Waals surface area contributed by atoms with Gasteiger partial charge in [-0.1, -0.05) is 35.9 Å². The molecule has 2 aromatic heterocycles. The van der Waals surface area contributed by atoms with Crippen molar-refractivity contribution in [1.82, 2.24) is 4.31 Å². The number of benzene rings is 1. The van der Waals surface area contributed by atoms with Crippen molar-refractivity contribution in [3.8, 4) is 0 Å². The van der Waals surface area contributed by atoms with Gasteiger partial charge in [0.2, 0.25) is 0 Å². The van der Waals surface area contributed by atoms with Gasteiger partial charge in [-0.3, -0.25) is 0 Å². The Hall–Kier alpha value is -1.18. The third kappa shape index (κ3) is 2.72. The minimum atomic E-state index is -3.59. The summed E-state index contributed by atoms with van der Waals surface area (Å²) in [5.74, 6) is 0. The van der Waals surface area contributed by atoms with Crippen LogP contribution in [-0.4, -0.2) is 19.3 Å². The van der Waals surface area contributed by atoms with E-state index >= 15 is 0 Å². The van der Waals surface area contributed by atoms with E-state index in [2.05, 4.69) is 6.07 Å². The summed E-state index contributed by atoms with van der Waals surface area (Å²) in [6.07, 6.45) is 0.717. The standard InChI is InChI=1S/C17H14ClNO2S3/c18-15-5-6-16(23-15)24(20,21)19-9-7-12-3-1-2-4-14(12)17(19)13-8-10-22-11-13/h1-6,8,10-11,17H,7,9H2. The highest BCUT2D eigenvalue weighted by molar-refractivity contribution is 7.91. The van der Waals surface area contributed by atoms with Crippen molar-refractivity contribution in [1.29, 1.82) is 0 Å². The van der Waals surface area contributed by atoms with E-state index in [0.29, 0.717) is 15.1 Å². The number of fused-ring (bicyclic) bond motifs is 1. The first-order chi connectivity index (χ1) is 11.6. The van der Waals surface area contributed by atoms with Crippen LogP contribution in [0.2, 0.25) is 4.34 Å². The molecule has 0 N–H and O–H groups in total. The summed E-state index contributed by atoms with van der Waals surface area (Å²) < 4.78 is 28.8. The molecule has 0 aliphatic carbocycles. The lowest BCUT2D eigenvalue weighted by molar-refractivity contribution is 0.345. The molecule has 0 saturated carbocycles. The Bertz CT molecular complexity index is 963. The zero-order valence-electron chi connectivity index (χ0n) is 12.6. The lowest BCUT2D eigenvalue weighted by Crippen LogP contribution is -2.40. The number of thiophene rings is 2. The van der Waals surface area contributed by atoms with Gasteiger partial charge in [0.1, 0.15) is 4.21 Å². The fraction of sp³-hybridized carbons (Fsp3) is 0.176. The highest BCUT2D eigenvalue weighted by Crippen LogP contribution is 2.40. The van der Waals surface area contributed by atoms with Crippen LogP contribution in [-0.2, 0) is 16.4 Å². The molecule has 1 aliphatic heterocycles. The average Bonchev–Trinajstić information content (AvgIpc) is 3.25. The number of sulfonamides is 1.